The van der Waals surface area contributed by atoms with E-state index in [1.54, 1.807) is 4.90 Å². The van der Waals surface area contributed by atoms with Gasteiger partial charge in [-0.3, -0.25) is 9.59 Å². The second-order valence-corrected chi connectivity index (χ2v) is 5.27. The maximum absolute atomic E-state index is 12.5. The van der Waals surface area contributed by atoms with Gasteiger partial charge >= 0.3 is 5.97 Å². The van der Waals surface area contributed by atoms with Crippen molar-refractivity contribution in [2.24, 2.45) is 11.8 Å². The average molecular weight is 270 g/mol. The normalized spacial score (nSPS) is 30.5. The molecule has 3 unspecified atom stereocenters. The van der Waals surface area contributed by atoms with E-state index in [0.29, 0.717) is 19.7 Å². The molecule has 3 atom stereocenters. The van der Waals surface area contributed by atoms with Crippen molar-refractivity contribution in [3.63, 3.8) is 0 Å². The van der Waals surface area contributed by atoms with Gasteiger partial charge in [-0.2, -0.15) is 0 Å². The number of carbonyl (C=O) groups is 2. The molecule has 1 amide bonds. The predicted molar refractivity (Wildman–Crippen MR) is 68.7 cm³/mol. The van der Waals surface area contributed by atoms with Crippen LogP contribution in [-0.2, 0) is 14.3 Å². The van der Waals surface area contributed by atoms with Crippen LogP contribution in [-0.4, -0.2) is 60.8 Å². The number of nitrogens with one attached hydrogen (secondary N) is 1. The fourth-order valence-electron chi connectivity index (χ4n) is 2.87. The van der Waals surface area contributed by atoms with E-state index in [2.05, 4.69) is 5.32 Å². The first-order valence-corrected chi connectivity index (χ1v) is 6.97. The lowest BCUT2D eigenvalue weighted by Crippen LogP contribution is -2.49. The molecular weight excluding hydrogens is 248 g/mol. The van der Waals surface area contributed by atoms with Gasteiger partial charge in [-0.15, -0.1) is 0 Å². The molecule has 108 valence electrons. The van der Waals surface area contributed by atoms with E-state index in [4.69, 9.17) is 4.74 Å². The van der Waals surface area contributed by atoms with Crippen molar-refractivity contribution in [2.45, 2.75) is 25.8 Å². The second-order valence-electron chi connectivity index (χ2n) is 5.27. The van der Waals surface area contributed by atoms with Crippen LogP contribution in [0, 0.1) is 11.8 Å². The molecule has 0 bridgehead atoms. The molecule has 2 N–H and O–H groups in total. The summed E-state index contributed by atoms with van der Waals surface area (Å²) in [5, 5.41) is 12.4. The van der Waals surface area contributed by atoms with Gasteiger partial charge in [0, 0.05) is 13.1 Å². The van der Waals surface area contributed by atoms with Gasteiger partial charge in [0.1, 0.15) is 5.92 Å². The molecular formula is C13H22N2O4. The Kier molecular flexibility index (Phi) is 4.76. The largest absolute Gasteiger partial charge is 0.481 e. The lowest BCUT2D eigenvalue weighted by Gasteiger charge is -2.32. The first-order valence-electron chi connectivity index (χ1n) is 6.97. The maximum Gasteiger partial charge on any atom is 0.311 e. The molecule has 0 aromatic rings. The maximum atomic E-state index is 12.5. The number of carboxylic acids is 1. The topological polar surface area (TPSA) is 78.9 Å². The molecule has 0 aliphatic carbocycles. The molecule has 0 radical (unpaired) electrons. The van der Waals surface area contributed by atoms with Crippen LogP contribution in [0.1, 0.15) is 19.8 Å². The Morgan fingerprint density at radius 1 is 1.42 bits per heavy atom. The molecule has 2 aliphatic heterocycles. The Bertz CT molecular complexity index is 342. The predicted octanol–water partition coefficient (Wildman–Crippen LogP) is -0.0659. The van der Waals surface area contributed by atoms with Crippen LogP contribution in [0.5, 0.6) is 0 Å². The Labute approximate surface area is 113 Å². The number of amides is 1. The van der Waals surface area contributed by atoms with E-state index in [1.165, 1.54) is 0 Å². The van der Waals surface area contributed by atoms with Crippen molar-refractivity contribution in [1.82, 2.24) is 10.2 Å². The highest BCUT2D eigenvalue weighted by Crippen LogP contribution is 2.23. The number of ether oxygens (including phenoxy) is 1. The number of aliphatic carboxylic acids is 1. The van der Waals surface area contributed by atoms with Gasteiger partial charge in [0.05, 0.1) is 25.2 Å². The van der Waals surface area contributed by atoms with Crippen LogP contribution < -0.4 is 5.32 Å². The summed E-state index contributed by atoms with van der Waals surface area (Å²) in [5.74, 6) is -1.40. The van der Waals surface area contributed by atoms with Crippen molar-refractivity contribution in [3.05, 3.63) is 0 Å². The highest BCUT2D eigenvalue weighted by molar-refractivity contribution is 5.81. The monoisotopic (exact) mass is 270 g/mol. The number of hydrogen-bond acceptors (Lipinski definition) is 4. The van der Waals surface area contributed by atoms with Gasteiger partial charge in [-0.1, -0.05) is 6.92 Å². The molecule has 2 heterocycles. The summed E-state index contributed by atoms with van der Waals surface area (Å²) in [4.78, 5) is 25.5. The van der Waals surface area contributed by atoms with Crippen LogP contribution in [0.25, 0.3) is 0 Å². The van der Waals surface area contributed by atoms with E-state index >= 15 is 0 Å². The Hall–Kier alpha value is -1.14. The van der Waals surface area contributed by atoms with E-state index in [1.807, 2.05) is 6.92 Å². The lowest BCUT2D eigenvalue weighted by molar-refractivity contribution is -0.146. The van der Waals surface area contributed by atoms with Gasteiger partial charge < -0.3 is 20.1 Å². The van der Waals surface area contributed by atoms with E-state index in [-0.39, 0.29) is 24.5 Å². The first-order chi connectivity index (χ1) is 9.15. The average Bonchev–Trinajstić information content (AvgIpc) is 3.05. The fraction of sp³-hybridized carbons (Fsp3) is 0.846. The van der Waals surface area contributed by atoms with E-state index < -0.39 is 11.9 Å². The molecule has 2 aliphatic rings. The van der Waals surface area contributed by atoms with Gasteiger partial charge in [0.25, 0.3) is 0 Å². The van der Waals surface area contributed by atoms with E-state index in [9.17, 15) is 14.7 Å². The molecule has 2 rings (SSSR count). The van der Waals surface area contributed by atoms with Crippen LogP contribution in [0.3, 0.4) is 0 Å². The zero-order valence-corrected chi connectivity index (χ0v) is 11.3. The summed E-state index contributed by atoms with van der Waals surface area (Å²) < 4.78 is 5.28. The summed E-state index contributed by atoms with van der Waals surface area (Å²) >= 11 is 0. The molecule has 19 heavy (non-hydrogen) atoms. The summed E-state index contributed by atoms with van der Waals surface area (Å²) in [6.07, 6.45) is 1.67. The van der Waals surface area contributed by atoms with Gasteiger partial charge in [-0.05, 0) is 19.4 Å². The summed E-state index contributed by atoms with van der Waals surface area (Å²) in [5.41, 5.74) is 0. The zero-order chi connectivity index (χ0) is 13.8. The molecule has 2 fully saturated rings. The van der Waals surface area contributed by atoms with Crippen LogP contribution >= 0.6 is 0 Å². The minimum Gasteiger partial charge on any atom is -0.481 e. The number of carbonyl (C=O) groups excluding carboxylic acids is 1. The molecule has 6 heteroatoms. The number of carboxylic acid groups (broad SMARTS) is 1. The smallest absolute Gasteiger partial charge is 0.311 e. The quantitative estimate of drug-likeness (QED) is 0.731. The van der Waals surface area contributed by atoms with Crippen molar-refractivity contribution in [3.8, 4) is 0 Å². The van der Waals surface area contributed by atoms with E-state index in [0.717, 1.165) is 19.4 Å². The molecule has 0 aromatic heterocycles. The van der Waals surface area contributed by atoms with Gasteiger partial charge in [0.2, 0.25) is 5.91 Å². The van der Waals surface area contributed by atoms with Crippen molar-refractivity contribution >= 4 is 11.9 Å². The Morgan fingerprint density at radius 3 is 2.79 bits per heavy atom. The third-order valence-electron chi connectivity index (χ3n) is 3.93. The van der Waals surface area contributed by atoms with Gasteiger partial charge in [-0.25, -0.2) is 0 Å². The van der Waals surface area contributed by atoms with Crippen molar-refractivity contribution < 1.29 is 19.4 Å². The third-order valence-corrected chi connectivity index (χ3v) is 3.93. The zero-order valence-electron chi connectivity index (χ0n) is 11.3. The summed E-state index contributed by atoms with van der Waals surface area (Å²) in [7, 11) is 0. The van der Waals surface area contributed by atoms with Gasteiger partial charge in [0.15, 0.2) is 0 Å². The molecule has 0 spiro atoms. The summed E-state index contributed by atoms with van der Waals surface area (Å²) in [6, 6.07) is -0.314. The minimum atomic E-state index is -0.874. The highest BCUT2D eigenvalue weighted by atomic mass is 16.5. The van der Waals surface area contributed by atoms with Crippen LogP contribution in [0.2, 0.25) is 0 Å². The summed E-state index contributed by atoms with van der Waals surface area (Å²) in [6.45, 7) is 4.70. The number of nitrogens with zero attached hydrogens (tertiary/aromatic N) is 1. The molecule has 6 nitrogen and oxygen atoms in total. The number of rotatable bonds is 5. The SMILES string of the molecule is CCCN(C(=O)C1CCNC1)C1COCC1C(=O)O. The van der Waals surface area contributed by atoms with Crippen LogP contribution in [0.15, 0.2) is 0 Å². The first kappa shape index (κ1) is 14.3. The molecule has 0 aromatic carbocycles. The Balaban J connectivity index is 2.09. The fourth-order valence-corrected chi connectivity index (χ4v) is 2.87. The lowest BCUT2D eigenvalue weighted by atomic mass is 9.99. The third kappa shape index (κ3) is 3.06. The van der Waals surface area contributed by atoms with Crippen molar-refractivity contribution in [2.75, 3.05) is 32.8 Å². The standard InChI is InChI=1S/C13H22N2O4/c1-2-5-15(12(16)9-3-4-14-6-9)11-8-19-7-10(11)13(17)18/h9-11,14H,2-8H2,1H3,(H,17,18). The highest BCUT2D eigenvalue weighted by Gasteiger charge is 2.41. The van der Waals surface area contributed by atoms with Crippen molar-refractivity contribution in [1.29, 1.82) is 0 Å². The Morgan fingerprint density at radius 2 is 2.21 bits per heavy atom. The second kappa shape index (κ2) is 6.34. The minimum absolute atomic E-state index is 0.0124. The number of hydrogen-bond donors (Lipinski definition) is 2. The van der Waals surface area contributed by atoms with Crippen LogP contribution in [0.4, 0.5) is 0 Å². The molecule has 0 saturated carbocycles. The molecule has 2 saturated heterocycles.